The Kier molecular flexibility index (Phi) is 5.38. The van der Waals surface area contributed by atoms with Crippen LogP contribution in [-0.2, 0) is 6.54 Å². The molecule has 0 aromatic heterocycles. The van der Waals surface area contributed by atoms with Crippen LogP contribution >= 0.6 is 0 Å². The van der Waals surface area contributed by atoms with E-state index in [1.54, 1.807) is 14.2 Å². The zero-order valence-electron chi connectivity index (χ0n) is 15.0. The van der Waals surface area contributed by atoms with E-state index in [1.807, 2.05) is 0 Å². The molecule has 1 aliphatic heterocycles. The normalized spacial score (nSPS) is 18.5. The molecule has 2 rings (SSSR count). The molecule has 0 radical (unpaired) electrons. The van der Waals surface area contributed by atoms with Gasteiger partial charge in [0, 0.05) is 23.2 Å². The van der Waals surface area contributed by atoms with E-state index in [0.717, 1.165) is 18.0 Å². The van der Waals surface area contributed by atoms with E-state index >= 15 is 0 Å². The smallest absolute Gasteiger partial charge is 0.130 e. The lowest BCUT2D eigenvalue weighted by molar-refractivity contribution is 0.0683. The molecule has 0 saturated carbocycles. The van der Waals surface area contributed by atoms with Crippen LogP contribution in [0.5, 0.6) is 11.5 Å². The highest BCUT2D eigenvalue weighted by Gasteiger charge is 2.30. The van der Waals surface area contributed by atoms with Gasteiger partial charge in [-0.05, 0) is 45.2 Å². The third kappa shape index (κ3) is 3.40. The highest BCUT2D eigenvalue weighted by atomic mass is 16.5. The number of nitrogens with zero attached hydrogens (tertiary/aromatic N) is 1. The maximum absolute atomic E-state index is 5.78. The van der Waals surface area contributed by atoms with Crippen molar-refractivity contribution >= 4 is 0 Å². The molecule has 3 nitrogen and oxygen atoms in total. The van der Waals surface area contributed by atoms with Crippen molar-refractivity contribution in [3.8, 4) is 11.5 Å². The predicted molar refractivity (Wildman–Crippen MR) is 92.0 cm³/mol. The third-order valence-corrected chi connectivity index (χ3v) is 4.92. The van der Waals surface area contributed by atoms with E-state index in [4.69, 9.17) is 9.47 Å². The van der Waals surface area contributed by atoms with Crippen molar-refractivity contribution in [3.63, 3.8) is 0 Å². The summed E-state index contributed by atoms with van der Waals surface area (Å²) in [5.41, 5.74) is 2.71. The van der Waals surface area contributed by atoms with Gasteiger partial charge in [-0.25, -0.2) is 0 Å². The Balaban J connectivity index is 2.36. The fourth-order valence-electron chi connectivity index (χ4n) is 3.54. The maximum Gasteiger partial charge on any atom is 0.130 e. The SMILES string of the molecule is COc1ccc(CN2CCCCC2(C)C)c(OC)c1C(C)C. The molecule has 1 heterocycles. The zero-order valence-corrected chi connectivity index (χ0v) is 15.0. The summed E-state index contributed by atoms with van der Waals surface area (Å²) in [6.45, 7) is 11.2. The van der Waals surface area contributed by atoms with Crippen LogP contribution in [0.1, 0.15) is 64.0 Å². The summed E-state index contributed by atoms with van der Waals surface area (Å²) in [7, 11) is 3.50. The minimum absolute atomic E-state index is 0.265. The van der Waals surface area contributed by atoms with Crippen molar-refractivity contribution < 1.29 is 9.47 Å². The second kappa shape index (κ2) is 6.91. The van der Waals surface area contributed by atoms with Crippen molar-refractivity contribution in [1.82, 2.24) is 4.90 Å². The van der Waals surface area contributed by atoms with Crippen LogP contribution in [0.15, 0.2) is 12.1 Å². The van der Waals surface area contributed by atoms with Gasteiger partial charge in [0.1, 0.15) is 11.5 Å². The molecular formula is C19H31NO2. The fraction of sp³-hybridized carbons (Fsp3) is 0.684. The van der Waals surface area contributed by atoms with Crippen molar-refractivity contribution in [1.29, 1.82) is 0 Å². The fourth-order valence-corrected chi connectivity index (χ4v) is 3.54. The Morgan fingerprint density at radius 1 is 1.14 bits per heavy atom. The molecule has 1 aliphatic rings. The van der Waals surface area contributed by atoms with Crippen LogP contribution in [0, 0.1) is 0 Å². The van der Waals surface area contributed by atoms with E-state index in [2.05, 4.69) is 44.7 Å². The Morgan fingerprint density at radius 2 is 1.86 bits per heavy atom. The Labute approximate surface area is 135 Å². The van der Waals surface area contributed by atoms with Crippen LogP contribution in [-0.4, -0.2) is 31.2 Å². The van der Waals surface area contributed by atoms with Gasteiger partial charge in [0.15, 0.2) is 0 Å². The first-order chi connectivity index (χ1) is 10.4. The molecule has 1 aromatic carbocycles. The average Bonchev–Trinajstić information content (AvgIpc) is 2.48. The summed E-state index contributed by atoms with van der Waals surface area (Å²) in [5, 5.41) is 0. The number of ether oxygens (including phenoxy) is 2. The second-order valence-corrected chi connectivity index (χ2v) is 7.22. The lowest BCUT2D eigenvalue weighted by atomic mass is 9.89. The largest absolute Gasteiger partial charge is 0.496 e. The summed E-state index contributed by atoms with van der Waals surface area (Å²) in [6, 6.07) is 4.25. The first-order valence-corrected chi connectivity index (χ1v) is 8.39. The van der Waals surface area contributed by atoms with Crippen LogP contribution in [0.25, 0.3) is 0 Å². The van der Waals surface area contributed by atoms with Gasteiger partial charge in [-0.1, -0.05) is 26.3 Å². The van der Waals surface area contributed by atoms with E-state index in [1.165, 1.54) is 36.9 Å². The molecule has 0 unspecified atom stereocenters. The molecule has 22 heavy (non-hydrogen) atoms. The van der Waals surface area contributed by atoms with Gasteiger partial charge in [-0.2, -0.15) is 0 Å². The quantitative estimate of drug-likeness (QED) is 0.794. The van der Waals surface area contributed by atoms with Crippen molar-refractivity contribution in [2.45, 2.75) is 65.0 Å². The minimum atomic E-state index is 0.265. The van der Waals surface area contributed by atoms with E-state index in [9.17, 15) is 0 Å². The Bertz CT molecular complexity index is 508. The minimum Gasteiger partial charge on any atom is -0.496 e. The zero-order chi connectivity index (χ0) is 16.3. The first-order valence-electron chi connectivity index (χ1n) is 8.39. The van der Waals surface area contributed by atoms with Gasteiger partial charge in [0.25, 0.3) is 0 Å². The highest BCUT2D eigenvalue weighted by molar-refractivity contribution is 5.52. The number of likely N-dealkylation sites (tertiary alicyclic amines) is 1. The topological polar surface area (TPSA) is 21.7 Å². The summed E-state index contributed by atoms with van der Waals surface area (Å²) in [6.07, 6.45) is 3.89. The summed E-state index contributed by atoms with van der Waals surface area (Å²) in [4.78, 5) is 2.59. The number of methoxy groups -OCH3 is 2. The molecule has 0 atom stereocenters. The van der Waals surface area contributed by atoms with Crippen LogP contribution in [0.2, 0.25) is 0 Å². The van der Waals surface area contributed by atoms with Gasteiger partial charge < -0.3 is 9.47 Å². The van der Waals surface area contributed by atoms with E-state index < -0.39 is 0 Å². The standard InChI is InChI=1S/C19H31NO2/c1-14(2)17-16(21-5)10-9-15(18(17)22-6)13-20-12-8-7-11-19(20,3)4/h9-10,14H,7-8,11-13H2,1-6H3. The number of piperidine rings is 1. The van der Waals surface area contributed by atoms with Gasteiger partial charge >= 0.3 is 0 Å². The molecule has 0 aliphatic carbocycles. The maximum atomic E-state index is 5.78. The van der Waals surface area contributed by atoms with Crippen LogP contribution in [0.3, 0.4) is 0 Å². The summed E-state index contributed by atoms with van der Waals surface area (Å²) in [5.74, 6) is 2.29. The number of hydrogen-bond donors (Lipinski definition) is 0. The second-order valence-electron chi connectivity index (χ2n) is 7.22. The van der Waals surface area contributed by atoms with Crippen molar-refractivity contribution in [2.75, 3.05) is 20.8 Å². The Hall–Kier alpha value is -1.22. The lowest BCUT2D eigenvalue weighted by Gasteiger charge is -2.42. The van der Waals surface area contributed by atoms with E-state index in [0.29, 0.717) is 5.92 Å². The molecular weight excluding hydrogens is 274 g/mol. The molecule has 0 bridgehead atoms. The first kappa shape index (κ1) is 17.1. The van der Waals surface area contributed by atoms with Crippen molar-refractivity contribution in [2.24, 2.45) is 0 Å². The molecule has 1 saturated heterocycles. The summed E-state index contributed by atoms with van der Waals surface area (Å²) >= 11 is 0. The number of rotatable bonds is 5. The molecule has 0 N–H and O–H groups in total. The van der Waals surface area contributed by atoms with Crippen LogP contribution in [0.4, 0.5) is 0 Å². The van der Waals surface area contributed by atoms with Gasteiger partial charge in [-0.15, -0.1) is 0 Å². The van der Waals surface area contributed by atoms with Crippen LogP contribution < -0.4 is 9.47 Å². The number of hydrogen-bond acceptors (Lipinski definition) is 3. The third-order valence-electron chi connectivity index (χ3n) is 4.92. The highest BCUT2D eigenvalue weighted by Crippen LogP contribution is 2.39. The molecule has 3 heteroatoms. The summed E-state index contributed by atoms with van der Waals surface area (Å²) < 4.78 is 11.3. The lowest BCUT2D eigenvalue weighted by Crippen LogP contribution is -2.46. The Morgan fingerprint density at radius 3 is 2.41 bits per heavy atom. The average molecular weight is 305 g/mol. The monoisotopic (exact) mass is 305 g/mol. The predicted octanol–water partition coefficient (Wildman–Crippen LogP) is 4.59. The molecule has 1 aromatic rings. The van der Waals surface area contributed by atoms with Gasteiger partial charge in [-0.3, -0.25) is 4.90 Å². The molecule has 124 valence electrons. The van der Waals surface area contributed by atoms with Gasteiger partial charge in [0.05, 0.1) is 14.2 Å². The molecule has 0 spiro atoms. The molecule has 1 fully saturated rings. The van der Waals surface area contributed by atoms with Gasteiger partial charge in [0.2, 0.25) is 0 Å². The molecule has 0 amide bonds. The van der Waals surface area contributed by atoms with Crippen molar-refractivity contribution in [3.05, 3.63) is 23.3 Å². The number of benzene rings is 1. The van der Waals surface area contributed by atoms with E-state index in [-0.39, 0.29) is 5.54 Å².